The summed E-state index contributed by atoms with van der Waals surface area (Å²) in [5.41, 5.74) is 0.341. The molecule has 0 saturated heterocycles. The summed E-state index contributed by atoms with van der Waals surface area (Å²) in [6.45, 7) is 0. The van der Waals surface area contributed by atoms with Crippen molar-refractivity contribution in [2.24, 2.45) is 0 Å². The molecule has 0 aliphatic carbocycles. The zero-order chi connectivity index (χ0) is 10.8. The van der Waals surface area contributed by atoms with Crippen LogP contribution in [0.3, 0.4) is 0 Å². The fraction of sp³-hybridized carbons (Fsp3) is 0.143. The van der Waals surface area contributed by atoms with Crippen LogP contribution in [0.2, 0.25) is 0 Å². The first kappa shape index (κ1) is 14.9. The SMILES string of the molecule is CS(=O)(=O)c1ccc(N[SH](=O)=O)cc1.[Na]. The molecule has 1 aromatic rings. The van der Waals surface area contributed by atoms with Crippen molar-refractivity contribution in [3.05, 3.63) is 24.3 Å². The van der Waals surface area contributed by atoms with E-state index in [-0.39, 0.29) is 34.5 Å². The first-order chi connectivity index (χ1) is 6.39. The summed E-state index contributed by atoms with van der Waals surface area (Å²) in [5.74, 6) is 0. The molecule has 0 bridgehead atoms. The molecule has 0 spiro atoms. The van der Waals surface area contributed by atoms with Crippen LogP contribution < -0.4 is 4.72 Å². The topological polar surface area (TPSA) is 80.3 Å². The van der Waals surface area contributed by atoms with Gasteiger partial charge < -0.3 is 0 Å². The molecule has 0 unspecified atom stereocenters. The molecule has 0 heterocycles. The number of rotatable bonds is 3. The third-order valence-corrected chi connectivity index (χ3v) is 3.07. The van der Waals surface area contributed by atoms with Gasteiger partial charge in [-0.1, -0.05) is 0 Å². The van der Waals surface area contributed by atoms with E-state index in [0.717, 1.165) is 6.26 Å². The summed E-state index contributed by atoms with van der Waals surface area (Å²) < 4.78 is 44.7. The Kier molecular flexibility index (Phi) is 5.82. The summed E-state index contributed by atoms with van der Waals surface area (Å²) in [6, 6.07) is 5.47. The molecule has 79 valence electrons. The smallest absolute Gasteiger partial charge is 0.222 e. The van der Waals surface area contributed by atoms with Crippen molar-refractivity contribution >= 4 is 56.0 Å². The van der Waals surface area contributed by atoms with E-state index in [9.17, 15) is 16.8 Å². The molecular weight excluding hydrogens is 249 g/mol. The first-order valence-electron chi connectivity index (χ1n) is 3.61. The van der Waals surface area contributed by atoms with Crippen LogP contribution in [0.4, 0.5) is 5.69 Å². The molecule has 0 atom stereocenters. The largest absolute Gasteiger partial charge is 0.286 e. The van der Waals surface area contributed by atoms with Crippen molar-refractivity contribution in [1.29, 1.82) is 0 Å². The summed E-state index contributed by atoms with van der Waals surface area (Å²) in [5, 5.41) is 0. The number of hydrogen-bond donors (Lipinski definition) is 2. The van der Waals surface area contributed by atoms with E-state index in [4.69, 9.17) is 0 Å². The van der Waals surface area contributed by atoms with Crippen LogP contribution in [0.1, 0.15) is 0 Å². The number of nitrogens with one attached hydrogen (secondary N) is 1. The van der Waals surface area contributed by atoms with Crippen LogP contribution >= 0.6 is 0 Å². The monoisotopic (exact) mass is 258 g/mol. The van der Waals surface area contributed by atoms with Crippen molar-refractivity contribution in [2.45, 2.75) is 4.90 Å². The van der Waals surface area contributed by atoms with Gasteiger partial charge in [0.1, 0.15) is 0 Å². The molecule has 1 aromatic carbocycles. The molecule has 1 N–H and O–H groups in total. The van der Waals surface area contributed by atoms with E-state index < -0.39 is 20.7 Å². The third kappa shape index (κ3) is 4.98. The van der Waals surface area contributed by atoms with Crippen molar-refractivity contribution in [3.63, 3.8) is 0 Å². The molecule has 0 aromatic heterocycles. The molecule has 8 heteroatoms. The summed E-state index contributed by atoms with van der Waals surface area (Å²) in [4.78, 5) is 0.157. The Morgan fingerprint density at radius 1 is 1.13 bits per heavy atom. The van der Waals surface area contributed by atoms with Crippen molar-refractivity contribution in [3.8, 4) is 0 Å². The van der Waals surface area contributed by atoms with Crippen LogP contribution in [-0.2, 0) is 20.7 Å². The van der Waals surface area contributed by atoms with Crippen molar-refractivity contribution < 1.29 is 16.8 Å². The Bertz CT molecular complexity index is 484. The average molecular weight is 258 g/mol. The second kappa shape index (κ2) is 5.86. The average Bonchev–Trinajstić information content (AvgIpc) is 2.02. The molecule has 0 aliphatic heterocycles. The van der Waals surface area contributed by atoms with E-state index >= 15 is 0 Å². The van der Waals surface area contributed by atoms with Gasteiger partial charge in [-0.3, -0.25) is 4.72 Å². The Labute approximate surface area is 112 Å². The molecular formula is C7H9NNaO4S2. The van der Waals surface area contributed by atoms with Gasteiger partial charge in [0.15, 0.2) is 9.84 Å². The molecule has 5 nitrogen and oxygen atoms in total. The van der Waals surface area contributed by atoms with Crippen molar-refractivity contribution in [2.75, 3.05) is 11.0 Å². The van der Waals surface area contributed by atoms with Crippen LogP contribution in [0.15, 0.2) is 29.2 Å². The van der Waals surface area contributed by atoms with E-state index in [1.807, 2.05) is 0 Å². The predicted molar refractivity (Wildman–Crippen MR) is 59.2 cm³/mol. The minimum absolute atomic E-state index is 0. The van der Waals surface area contributed by atoms with E-state index in [0.29, 0.717) is 5.69 Å². The van der Waals surface area contributed by atoms with Gasteiger partial charge in [-0.05, 0) is 24.3 Å². The zero-order valence-corrected chi connectivity index (χ0v) is 12.0. The Morgan fingerprint density at radius 2 is 1.60 bits per heavy atom. The standard InChI is InChI=1S/C7H9NO4S2.Na/c1-14(11,12)7-4-2-6(3-5-7)8-13(9)10;/h2-5,13H,1H3,(H,8,9,10);. The fourth-order valence-electron chi connectivity index (χ4n) is 0.882. The Morgan fingerprint density at radius 3 is 1.93 bits per heavy atom. The quantitative estimate of drug-likeness (QED) is 0.573. The number of sulfone groups is 1. The number of anilines is 1. The van der Waals surface area contributed by atoms with Gasteiger partial charge in [0, 0.05) is 41.5 Å². The van der Waals surface area contributed by atoms with E-state index in [1.54, 1.807) is 0 Å². The maximum absolute atomic E-state index is 11.0. The van der Waals surface area contributed by atoms with Gasteiger partial charge >= 0.3 is 0 Å². The molecule has 1 rings (SSSR count). The van der Waals surface area contributed by atoms with Gasteiger partial charge in [0.05, 0.1) is 4.90 Å². The summed E-state index contributed by atoms with van der Waals surface area (Å²) in [7, 11) is -5.94. The summed E-state index contributed by atoms with van der Waals surface area (Å²) >= 11 is 0. The second-order valence-electron chi connectivity index (χ2n) is 2.67. The molecule has 0 saturated carbocycles. The fourth-order valence-corrected chi connectivity index (χ4v) is 1.87. The number of thiol groups is 1. The normalized spacial score (nSPS) is 10.8. The second-order valence-corrected chi connectivity index (χ2v) is 5.42. The van der Waals surface area contributed by atoms with Gasteiger partial charge in [0.25, 0.3) is 0 Å². The van der Waals surface area contributed by atoms with E-state index in [2.05, 4.69) is 4.72 Å². The Hall–Kier alpha value is -0.0800. The molecule has 0 amide bonds. The van der Waals surface area contributed by atoms with Gasteiger partial charge in [-0.25, -0.2) is 16.8 Å². The van der Waals surface area contributed by atoms with Gasteiger partial charge in [-0.2, -0.15) is 0 Å². The number of hydrogen-bond acceptors (Lipinski definition) is 4. The van der Waals surface area contributed by atoms with Crippen LogP contribution in [-0.4, -0.2) is 52.6 Å². The molecule has 1 radical (unpaired) electrons. The number of benzene rings is 1. The first-order valence-corrected chi connectivity index (χ1v) is 6.67. The zero-order valence-electron chi connectivity index (χ0n) is 8.30. The van der Waals surface area contributed by atoms with Crippen LogP contribution in [0.25, 0.3) is 0 Å². The van der Waals surface area contributed by atoms with Crippen LogP contribution in [0, 0.1) is 0 Å². The predicted octanol–water partition coefficient (Wildman–Crippen LogP) is -0.352. The minimum atomic E-state index is -3.23. The minimum Gasteiger partial charge on any atom is -0.286 e. The molecule has 0 fully saturated rings. The van der Waals surface area contributed by atoms with Gasteiger partial charge in [-0.15, -0.1) is 0 Å². The maximum Gasteiger partial charge on any atom is 0.222 e. The molecule has 0 aliphatic rings. The Balaban J connectivity index is 0.00000196. The third-order valence-electron chi connectivity index (χ3n) is 1.50. The van der Waals surface area contributed by atoms with Gasteiger partial charge in [0.2, 0.25) is 10.9 Å². The maximum atomic E-state index is 11.0. The molecule has 15 heavy (non-hydrogen) atoms. The van der Waals surface area contributed by atoms with E-state index in [1.165, 1.54) is 24.3 Å². The van der Waals surface area contributed by atoms with Crippen LogP contribution in [0.5, 0.6) is 0 Å². The summed E-state index contributed by atoms with van der Waals surface area (Å²) in [6.07, 6.45) is 1.09. The van der Waals surface area contributed by atoms with Crippen molar-refractivity contribution in [1.82, 2.24) is 0 Å².